The number of sulfone groups is 1. The molecule has 104 valence electrons. The van der Waals surface area contributed by atoms with Crippen molar-refractivity contribution in [3.05, 3.63) is 24.0 Å². The van der Waals surface area contributed by atoms with Crippen LogP contribution in [0.25, 0.3) is 0 Å². The summed E-state index contributed by atoms with van der Waals surface area (Å²) in [4.78, 5) is 11.8. The van der Waals surface area contributed by atoms with Crippen molar-refractivity contribution in [3.8, 4) is 0 Å². The second-order valence-electron chi connectivity index (χ2n) is 4.55. The Hall–Kier alpha value is -1.47. The molecule has 1 amide bonds. The van der Waals surface area contributed by atoms with Crippen LogP contribution in [0, 0.1) is 5.82 Å². The van der Waals surface area contributed by atoms with Crippen molar-refractivity contribution in [2.75, 3.05) is 18.1 Å². The number of hydrogen-bond donors (Lipinski definition) is 2. The van der Waals surface area contributed by atoms with Crippen molar-refractivity contribution in [1.29, 1.82) is 0 Å². The van der Waals surface area contributed by atoms with Crippen LogP contribution in [0.4, 0.5) is 10.1 Å². The maximum Gasteiger partial charge on any atom is 0.241 e. The average molecular weight is 286 g/mol. The molecule has 1 saturated heterocycles. The van der Waals surface area contributed by atoms with Gasteiger partial charge in [-0.1, -0.05) is 0 Å². The van der Waals surface area contributed by atoms with E-state index in [1.807, 2.05) is 0 Å². The first-order chi connectivity index (χ1) is 8.88. The SMILES string of the molecule is CS(=O)(=O)c1ccc(F)c(NC(=O)[C@H]2CCCN2)c1. The Morgan fingerprint density at radius 2 is 2.21 bits per heavy atom. The fraction of sp³-hybridized carbons (Fsp3) is 0.417. The van der Waals surface area contributed by atoms with E-state index in [0.717, 1.165) is 31.4 Å². The van der Waals surface area contributed by atoms with Gasteiger partial charge < -0.3 is 10.6 Å². The van der Waals surface area contributed by atoms with Crippen LogP contribution in [-0.4, -0.2) is 33.2 Å². The highest BCUT2D eigenvalue weighted by atomic mass is 32.2. The zero-order valence-corrected chi connectivity index (χ0v) is 11.3. The summed E-state index contributed by atoms with van der Waals surface area (Å²) in [7, 11) is -3.43. The molecule has 0 spiro atoms. The lowest BCUT2D eigenvalue weighted by Gasteiger charge is -2.12. The number of benzene rings is 1. The molecule has 2 N–H and O–H groups in total. The Balaban J connectivity index is 2.22. The Bertz CT molecular complexity index is 595. The molecule has 19 heavy (non-hydrogen) atoms. The minimum atomic E-state index is -3.43. The molecule has 0 bridgehead atoms. The maximum absolute atomic E-state index is 13.6. The third kappa shape index (κ3) is 3.30. The summed E-state index contributed by atoms with van der Waals surface area (Å²) in [6.45, 7) is 0.754. The van der Waals surface area contributed by atoms with Gasteiger partial charge in [0.2, 0.25) is 5.91 Å². The first-order valence-corrected chi connectivity index (χ1v) is 7.81. The fourth-order valence-electron chi connectivity index (χ4n) is 1.96. The van der Waals surface area contributed by atoms with Gasteiger partial charge in [-0.15, -0.1) is 0 Å². The van der Waals surface area contributed by atoms with Crippen LogP contribution in [0.15, 0.2) is 23.1 Å². The number of nitrogens with one attached hydrogen (secondary N) is 2. The lowest BCUT2D eigenvalue weighted by atomic mass is 10.2. The van der Waals surface area contributed by atoms with Crippen molar-refractivity contribution < 1.29 is 17.6 Å². The zero-order valence-electron chi connectivity index (χ0n) is 10.4. The molecule has 1 heterocycles. The molecule has 1 atom stereocenters. The van der Waals surface area contributed by atoms with Crippen molar-refractivity contribution in [3.63, 3.8) is 0 Å². The van der Waals surface area contributed by atoms with Gasteiger partial charge in [-0.05, 0) is 37.6 Å². The second-order valence-corrected chi connectivity index (χ2v) is 6.57. The van der Waals surface area contributed by atoms with Gasteiger partial charge in [-0.3, -0.25) is 4.79 Å². The van der Waals surface area contributed by atoms with Crippen molar-refractivity contribution >= 4 is 21.4 Å². The molecule has 1 aliphatic heterocycles. The van der Waals surface area contributed by atoms with Crippen LogP contribution in [0.2, 0.25) is 0 Å². The number of hydrogen-bond acceptors (Lipinski definition) is 4. The normalized spacial score (nSPS) is 19.4. The number of carbonyl (C=O) groups is 1. The molecule has 1 aromatic rings. The number of halogens is 1. The molecule has 1 aliphatic rings. The first-order valence-electron chi connectivity index (χ1n) is 5.92. The van der Waals surface area contributed by atoms with Crippen LogP contribution in [0.1, 0.15) is 12.8 Å². The number of rotatable bonds is 3. The summed E-state index contributed by atoms with van der Waals surface area (Å²) >= 11 is 0. The molecule has 0 aromatic heterocycles. The summed E-state index contributed by atoms with van der Waals surface area (Å²) in [6.07, 6.45) is 2.62. The minimum Gasteiger partial charge on any atom is -0.322 e. The summed E-state index contributed by atoms with van der Waals surface area (Å²) in [6, 6.07) is 3.00. The van der Waals surface area contributed by atoms with Crippen molar-refractivity contribution in [2.24, 2.45) is 0 Å². The van der Waals surface area contributed by atoms with E-state index >= 15 is 0 Å². The predicted octanol–water partition coefficient (Wildman–Crippen LogP) is 0.920. The highest BCUT2D eigenvalue weighted by Gasteiger charge is 2.23. The molecule has 0 aliphatic carbocycles. The molecular weight excluding hydrogens is 271 g/mol. The number of carbonyl (C=O) groups excluding carboxylic acids is 1. The van der Waals surface area contributed by atoms with Crippen molar-refractivity contribution in [2.45, 2.75) is 23.8 Å². The van der Waals surface area contributed by atoms with Gasteiger partial charge in [0.05, 0.1) is 16.6 Å². The third-order valence-electron chi connectivity index (χ3n) is 3.00. The van der Waals surface area contributed by atoms with Gasteiger partial charge in [-0.2, -0.15) is 0 Å². The first kappa shape index (κ1) is 14.0. The molecule has 0 saturated carbocycles. The van der Waals surface area contributed by atoms with E-state index in [4.69, 9.17) is 0 Å². The quantitative estimate of drug-likeness (QED) is 0.810. The van der Waals surface area contributed by atoms with Crippen LogP contribution >= 0.6 is 0 Å². The minimum absolute atomic E-state index is 0.0245. The third-order valence-corrected chi connectivity index (χ3v) is 4.11. The molecule has 0 radical (unpaired) electrons. The second kappa shape index (κ2) is 5.26. The summed E-state index contributed by atoms with van der Waals surface area (Å²) in [5, 5.41) is 5.41. The molecule has 2 rings (SSSR count). The van der Waals surface area contributed by atoms with Gasteiger partial charge in [0.25, 0.3) is 0 Å². The largest absolute Gasteiger partial charge is 0.322 e. The Morgan fingerprint density at radius 1 is 1.47 bits per heavy atom. The zero-order chi connectivity index (χ0) is 14.0. The van der Waals surface area contributed by atoms with Gasteiger partial charge in [-0.25, -0.2) is 12.8 Å². The molecule has 5 nitrogen and oxygen atoms in total. The van der Waals surface area contributed by atoms with E-state index < -0.39 is 15.7 Å². The average Bonchev–Trinajstić information content (AvgIpc) is 2.84. The van der Waals surface area contributed by atoms with Crippen LogP contribution in [0.3, 0.4) is 0 Å². The van der Waals surface area contributed by atoms with Gasteiger partial charge in [0, 0.05) is 6.26 Å². The van der Waals surface area contributed by atoms with E-state index in [2.05, 4.69) is 10.6 Å². The molecule has 1 fully saturated rings. The fourth-order valence-corrected chi connectivity index (χ4v) is 2.61. The van der Waals surface area contributed by atoms with E-state index in [-0.39, 0.29) is 22.5 Å². The smallest absolute Gasteiger partial charge is 0.241 e. The Labute approximate surface area is 111 Å². The van der Waals surface area contributed by atoms with Gasteiger partial charge >= 0.3 is 0 Å². The summed E-state index contributed by atoms with van der Waals surface area (Å²) in [5.74, 6) is -0.999. The summed E-state index contributed by atoms with van der Waals surface area (Å²) < 4.78 is 36.4. The Morgan fingerprint density at radius 3 is 2.79 bits per heavy atom. The molecule has 1 aromatic carbocycles. The Kier molecular flexibility index (Phi) is 3.86. The highest BCUT2D eigenvalue weighted by molar-refractivity contribution is 7.90. The van der Waals surface area contributed by atoms with E-state index in [9.17, 15) is 17.6 Å². The van der Waals surface area contributed by atoms with Gasteiger partial charge in [0.1, 0.15) is 5.82 Å². The molecular formula is C12H15FN2O3S. The summed E-state index contributed by atoms with van der Waals surface area (Å²) in [5.41, 5.74) is -0.110. The van der Waals surface area contributed by atoms with Crippen molar-refractivity contribution in [1.82, 2.24) is 5.32 Å². The lowest BCUT2D eigenvalue weighted by Crippen LogP contribution is -2.35. The van der Waals surface area contributed by atoms with Crippen LogP contribution in [0.5, 0.6) is 0 Å². The number of anilines is 1. The lowest BCUT2D eigenvalue weighted by molar-refractivity contribution is -0.117. The molecule has 0 unspecified atom stereocenters. The van der Waals surface area contributed by atoms with Crippen LogP contribution < -0.4 is 10.6 Å². The highest BCUT2D eigenvalue weighted by Crippen LogP contribution is 2.20. The van der Waals surface area contributed by atoms with E-state index in [1.54, 1.807) is 0 Å². The predicted molar refractivity (Wildman–Crippen MR) is 69.2 cm³/mol. The van der Waals surface area contributed by atoms with E-state index in [1.165, 1.54) is 6.07 Å². The topological polar surface area (TPSA) is 75.3 Å². The monoisotopic (exact) mass is 286 g/mol. The van der Waals surface area contributed by atoms with E-state index in [0.29, 0.717) is 6.42 Å². The molecule has 7 heteroatoms. The van der Waals surface area contributed by atoms with Crippen LogP contribution in [-0.2, 0) is 14.6 Å². The maximum atomic E-state index is 13.6. The number of amides is 1. The standard InChI is InChI=1S/C12H15FN2O3S/c1-19(17,18)8-4-5-9(13)11(7-8)15-12(16)10-3-2-6-14-10/h4-5,7,10,14H,2-3,6H2,1H3,(H,15,16)/t10-/m1/s1. The van der Waals surface area contributed by atoms with Gasteiger partial charge in [0.15, 0.2) is 9.84 Å².